The summed E-state index contributed by atoms with van der Waals surface area (Å²) in [5.74, 6) is 0. The first-order valence-corrected chi connectivity index (χ1v) is 15.3. The van der Waals surface area contributed by atoms with Gasteiger partial charge in [-0.25, -0.2) is 0 Å². The first-order chi connectivity index (χ1) is 3.39. The Hall–Kier alpha value is 1.13. The number of hydrogen-bond acceptors (Lipinski definition) is 0. The number of hydrogen-bond donors (Lipinski definition) is 0. The molecule has 0 aromatic carbocycles. The topological polar surface area (TPSA) is 0 Å². The maximum absolute atomic E-state index is 3.82. The molecule has 0 spiro atoms. The van der Waals surface area contributed by atoms with Crippen molar-refractivity contribution in [1.82, 2.24) is 0 Å². The fourth-order valence-electron chi connectivity index (χ4n) is 1.05. The molecule has 7 heavy (non-hydrogen) atoms. The van der Waals surface area contributed by atoms with E-state index in [1.807, 2.05) is 0 Å². The molecule has 1 saturated heterocycles. The maximum atomic E-state index is 3.82. The third-order valence-corrected chi connectivity index (χ3v) is 33.5. The van der Waals surface area contributed by atoms with Crippen LogP contribution >= 0.6 is 15.3 Å². The fraction of sp³-hybridized carbons (Fsp3) is 1.00. The van der Waals surface area contributed by atoms with Crippen LogP contribution in [0, 0.1) is 0 Å². The van der Waals surface area contributed by atoms with Crippen molar-refractivity contribution in [2.24, 2.45) is 0 Å². The van der Waals surface area contributed by atoms with E-state index in [9.17, 15) is 0 Å². The molecule has 0 radical (unpaired) electrons. The maximum Gasteiger partial charge on any atom is 0.0965 e. The summed E-state index contributed by atoms with van der Waals surface area (Å²) in [4.78, 5) is 0. The van der Waals surface area contributed by atoms with Gasteiger partial charge in [0.15, 0.2) is 0 Å². The highest BCUT2D eigenvalue weighted by Crippen LogP contribution is 2.10. The van der Waals surface area contributed by atoms with Gasteiger partial charge in [-0.3, -0.25) is 0 Å². The average molecular weight is 211 g/mol. The Morgan fingerprint density at radius 3 is 2.71 bits per heavy atom. The lowest BCUT2D eigenvalue weighted by atomic mass is 10.6. The van der Waals surface area contributed by atoms with Gasteiger partial charge in [0.05, 0.1) is 6.93 Å². The molecule has 0 amide bonds. The van der Waals surface area contributed by atoms with Crippen molar-refractivity contribution in [3.63, 3.8) is 0 Å². The van der Waals surface area contributed by atoms with Gasteiger partial charge in [-0.05, 0) is 0 Å². The molecule has 0 bridgehead atoms. The minimum absolute atomic E-state index is 0.0814. The normalized spacial score (nSPS) is 39.9. The Morgan fingerprint density at radius 1 is 1.57 bits per heavy atom. The Morgan fingerprint density at radius 2 is 2.43 bits per heavy atom. The Balaban J connectivity index is 2.12. The summed E-state index contributed by atoms with van der Waals surface area (Å²) in [6.07, 6.45) is 1.60. The zero-order valence-corrected chi connectivity index (χ0v) is 10.1. The minimum atomic E-state index is -0.0814. The van der Waals surface area contributed by atoms with E-state index in [1.54, 1.807) is 18.5 Å². The van der Waals surface area contributed by atoms with Crippen LogP contribution in [-0.4, -0.2) is 24.5 Å². The van der Waals surface area contributed by atoms with Crippen molar-refractivity contribution < 1.29 is 0 Å². The van der Waals surface area contributed by atoms with Crippen molar-refractivity contribution in [2.45, 2.75) is 18.5 Å². The lowest BCUT2D eigenvalue weighted by Crippen LogP contribution is -2.25. The van der Waals surface area contributed by atoms with E-state index in [0.717, 1.165) is 0 Å². The van der Waals surface area contributed by atoms with Crippen molar-refractivity contribution in [2.75, 3.05) is 0 Å². The van der Waals surface area contributed by atoms with Gasteiger partial charge in [-0.15, -0.1) is 15.3 Å². The van der Waals surface area contributed by atoms with Crippen LogP contribution in [0.15, 0.2) is 0 Å². The summed E-state index contributed by atoms with van der Waals surface area (Å²) in [5.41, 5.74) is 0. The Bertz CT molecular complexity index is 52.1. The molecule has 1 rings (SSSR count). The molecule has 1 atom stereocenters. The molecule has 4 heteroatoms. The molecule has 1 aliphatic heterocycles. The molecular formula is C3H11BrSi3. The molecule has 0 aliphatic carbocycles. The predicted octanol–water partition coefficient (Wildman–Crippen LogP) is -0.324. The smallest absolute Gasteiger partial charge is 0.0965 e. The SMILES string of the molecule is Br[SiH]1CCC[SiH2][SiH2]1. The third-order valence-electron chi connectivity index (χ3n) is 1.53. The molecule has 1 unspecified atom stereocenters. The lowest BCUT2D eigenvalue weighted by molar-refractivity contribution is 1.07. The highest BCUT2D eigenvalue weighted by molar-refractivity contribution is 9.26. The van der Waals surface area contributed by atoms with Crippen LogP contribution in [0.2, 0.25) is 12.1 Å². The third kappa shape index (κ3) is 2.25. The predicted molar refractivity (Wildman–Crippen MR) is 47.4 cm³/mol. The zero-order valence-electron chi connectivity index (χ0n) is 4.49. The summed E-state index contributed by atoms with van der Waals surface area (Å²) in [5, 5.41) is 0. The van der Waals surface area contributed by atoms with Crippen LogP contribution in [0.4, 0.5) is 0 Å². The van der Waals surface area contributed by atoms with Crippen molar-refractivity contribution in [3.05, 3.63) is 0 Å². The Labute approximate surface area is 58.5 Å². The monoisotopic (exact) mass is 210 g/mol. The molecule has 0 aromatic heterocycles. The standard InChI is InChI=1S/C3H11BrSi3/c4-7-3-1-2-5-6-7/h7H,1-3,5-6H2. The number of rotatable bonds is 0. The molecule has 1 fully saturated rings. The van der Waals surface area contributed by atoms with E-state index in [2.05, 4.69) is 15.3 Å². The summed E-state index contributed by atoms with van der Waals surface area (Å²) >= 11 is 3.82. The zero-order chi connectivity index (χ0) is 5.11. The summed E-state index contributed by atoms with van der Waals surface area (Å²) in [6, 6.07) is 3.33. The van der Waals surface area contributed by atoms with Crippen molar-refractivity contribution in [1.29, 1.82) is 0 Å². The second-order valence-corrected chi connectivity index (χ2v) is 25.5. The minimum Gasteiger partial charge on any atom is -0.135 e. The van der Waals surface area contributed by atoms with Crippen molar-refractivity contribution in [3.8, 4) is 0 Å². The summed E-state index contributed by atoms with van der Waals surface area (Å²) < 4.78 is 0. The van der Waals surface area contributed by atoms with Gasteiger partial charge in [-0.1, -0.05) is 18.5 Å². The van der Waals surface area contributed by atoms with Crippen LogP contribution in [0.5, 0.6) is 0 Å². The van der Waals surface area contributed by atoms with E-state index in [1.165, 1.54) is 0 Å². The average Bonchev–Trinajstić information content (AvgIpc) is 1.69. The van der Waals surface area contributed by atoms with Gasteiger partial charge in [0.2, 0.25) is 0 Å². The largest absolute Gasteiger partial charge is 0.135 e. The van der Waals surface area contributed by atoms with Gasteiger partial charge in [0, 0.05) is 17.6 Å². The lowest BCUT2D eigenvalue weighted by Gasteiger charge is -2.11. The quantitative estimate of drug-likeness (QED) is 0.380. The van der Waals surface area contributed by atoms with E-state index < -0.39 is 0 Å². The molecule has 42 valence electrons. The van der Waals surface area contributed by atoms with Crippen LogP contribution in [-0.2, 0) is 0 Å². The van der Waals surface area contributed by atoms with E-state index in [0.29, 0.717) is 17.6 Å². The van der Waals surface area contributed by atoms with Gasteiger partial charge >= 0.3 is 0 Å². The first-order valence-electron chi connectivity index (χ1n) is 3.03. The van der Waals surface area contributed by atoms with Crippen molar-refractivity contribution >= 4 is 39.8 Å². The van der Waals surface area contributed by atoms with Gasteiger partial charge in [-0.2, -0.15) is 0 Å². The van der Waals surface area contributed by atoms with E-state index in [-0.39, 0.29) is 6.93 Å². The second kappa shape index (κ2) is 3.21. The molecule has 0 N–H and O–H groups in total. The second-order valence-electron chi connectivity index (χ2n) is 2.24. The van der Waals surface area contributed by atoms with Crippen LogP contribution in [0.25, 0.3) is 0 Å². The highest BCUT2D eigenvalue weighted by atomic mass is 79.9. The van der Waals surface area contributed by atoms with Gasteiger partial charge < -0.3 is 0 Å². The molecule has 0 saturated carbocycles. The highest BCUT2D eigenvalue weighted by Gasteiger charge is 2.10. The van der Waals surface area contributed by atoms with Crippen LogP contribution in [0.3, 0.4) is 0 Å². The molecule has 0 nitrogen and oxygen atoms in total. The van der Waals surface area contributed by atoms with Crippen LogP contribution < -0.4 is 0 Å². The molecule has 0 aromatic rings. The van der Waals surface area contributed by atoms with E-state index in [4.69, 9.17) is 0 Å². The summed E-state index contributed by atoms with van der Waals surface area (Å²) in [7, 11) is 1.24. The number of halogens is 1. The fourth-order valence-corrected chi connectivity index (χ4v) is 27.9. The first kappa shape index (κ1) is 6.25. The van der Waals surface area contributed by atoms with Crippen LogP contribution in [0.1, 0.15) is 6.42 Å². The van der Waals surface area contributed by atoms with Gasteiger partial charge in [0.25, 0.3) is 0 Å². The molecular weight excluding hydrogens is 200 g/mol. The Kier molecular flexibility index (Phi) is 2.87. The molecule has 1 aliphatic rings. The molecule has 1 heterocycles. The van der Waals surface area contributed by atoms with Gasteiger partial charge in [0.1, 0.15) is 0 Å². The summed E-state index contributed by atoms with van der Waals surface area (Å²) in [6.45, 7) is -0.0814. The van der Waals surface area contributed by atoms with E-state index >= 15 is 0 Å².